The van der Waals surface area contributed by atoms with Gasteiger partial charge in [0.25, 0.3) is 0 Å². The van der Waals surface area contributed by atoms with Crippen molar-refractivity contribution < 1.29 is 18.4 Å². The largest absolute Gasteiger partial charge is 0.490 e. The van der Waals surface area contributed by atoms with Gasteiger partial charge < -0.3 is 14.2 Å². The molecule has 1 aliphatic rings. The number of carbonyl (C=O) groups is 1. The Morgan fingerprint density at radius 2 is 2.17 bits per heavy atom. The summed E-state index contributed by atoms with van der Waals surface area (Å²) in [7, 11) is 0. The van der Waals surface area contributed by atoms with Gasteiger partial charge in [-0.1, -0.05) is 19.0 Å². The van der Waals surface area contributed by atoms with Crippen molar-refractivity contribution in [2.24, 2.45) is 0 Å². The van der Waals surface area contributed by atoms with Crippen molar-refractivity contribution in [2.45, 2.75) is 33.1 Å². The Kier molecular flexibility index (Phi) is 4.32. The number of halogens is 1. The Balaban J connectivity index is 1.88. The third-order valence-corrected chi connectivity index (χ3v) is 4.02. The molecule has 0 N–H and O–H groups in total. The topological polar surface area (TPSA) is 55.6 Å². The molecule has 1 aromatic heterocycles. The molecule has 23 heavy (non-hydrogen) atoms. The molecule has 0 atom stereocenters. The van der Waals surface area contributed by atoms with Gasteiger partial charge in [0.15, 0.2) is 0 Å². The molecule has 1 amide bonds. The highest BCUT2D eigenvalue weighted by molar-refractivity contribution is 5.96. The number of amides is 1. The number of hydrogen-bond acceptors (Lipinski definition) is 4. The van der Waals surface area contributed by atoms with E-state index < -0.39 is 0 Å². The Hall–Kier alpha value is -2.37. The number of ether oxygens (including phenoxy) is 1. The van der Waals surface area contributed by atoms with Gasteiger partial charge in [0.05, 0.1) is 24.3 Å². The van der Waals surface area contributed by atoms with E-state index in [0.29, 0.717) is 37.4 Å². The Labute approximate surface area is 134 Å². The second-order valence-corrected chi connectivity index (χ2v) is 5.42. The minimum Gasteiger partial charge on any atom is -0.490 e. The van der Waals surface area contributed by atoms with Gasteiger partial charge in [-0.05, 0) is 18.6 Å². The molecule has 5 nitrogen and oxygen atoms in total. The number of aromatic nitrogens is 1. The van der Waals surface area contributed by atoms with Crippen LogP contribution in [0.2, 0.25) is 0 Å². The van der Waals surface area contributed by atoms with Crippen molar-refractivity contribution in [1.29, 1.82) is 0 Å². The minimum absolute atomic E-state index is 0.104. The molecule has 0 saturated carbocycles. The highest BCUT2D eigenvalue weighted by Gasteiger charge is 2.26. The van der Waals surface area contributed by atoms with Crippen molar-refractivity contribution in [2.75, 3.05) is 18.1 Å². The smallest absolute Gasteiger partial charge is 0.231 e. The number of aryl methyl sites for hydroxylation is 2. The van der Waals surface area contributed by atoms with Gasteiger partial charge >= 0.3 is 0 Å². The van der Waals surface area contributed by atoms with E-state index >= 15 is 0 Å². The molecule has 0 spiro atoms. The molecule has 0 unspecified atom stereocenters. The zero-order chi connectivity index (χ0) is 16.4. The molecular formula is C17H19FN2O3. The fourth-order valence-corrected chi connectivity index (χ4v) is 2.83. The second-order valence-electron chi connectivity index (χ2n) is 5.42. The number of nitrogens with zero attached hydrogens (tertiary/aromatic N) is 2. The molecule has 0 aliphatic carbocycles. The summed E-state index contributed by atoms with van der Waals surface area (Å²) in [6.07, 6.45) is 1.59. The molecule has 1 aliphatic heterocycles. The summed E-state index contributed by atoms with van der Waals surface area (Å²) in [5.74, 6) is 0.777. The van der Waals surface area contributed by atoms with Gasteiger partial charge in [-0.25, -0.2) is 4.39 Å². The lowest BCUT2D eigenvalue weighted by atomic mass is 10.1. The summed E-state index contributed by atoms with van der Waals surface area (Å²) >= 11 is 0. The molecule has 2 aromatic rings. The lowest BCUT2D eigenvalue weighted by molar-refractivity contribution is -0.118. The molecule has 3 rings (SSSR count). The first-order valence-corrected chi connectivity index (χ1v) is 7.83. The summed E-state index contributed by atoms with van der Waals surface area (Å²) in [5, 5.41) is 4.03. The van der Waals surface area contributed by atoms with Crippen LogP contribution in [0, 0.1) is 5.82 Å². The maximum Gasteiger partial charge on any atom is 0.231 e. The summed E-state index contributed by atoms with van der Waals surface area (Å²) in [5.41, 5.74) is 2.14. The van der Waals surface area contributed by atoms with Gasteiger partial charge in [-0.2, -0.15) is 0 Å². The zero-order valence-corrected chi connectivity index (χ0v) is 13.3. The van der Waals surface area contributed by atoms with Crippen LogP contribution in [0.1, 0.15) is 30.9 Å². The summed E-state index contributed by atoms with van der Waals surface area (Å²) in [6, 6.07) is 4.22. The van der Waals surface area contributed by atoms with Crippen LogP contribution < -0.4 is 9.64 Å². The van der Waals surface area contributed by atoms with Crippen LogP contribution in [0.4, 0.5) is 10.1 Å². The van der Waals surface area contributed by atoms with Gasteiger partial charge in [-0.3, -0.25) is 4.79 Å². The molecule has 1 aromatic carbocycles. The average molecular weight is 318 g/mol. The van der Waals surface area contributed by atoms with Crippen molar-refractivity contribution >= 4 is 11.6 Å². The molecule has 2 heterocycles. The molecule has 0 fully saturated rings. The number of anilines is 1. The van der Waals surface area contributed by atoms with Crippen LogP contribution in [0.25, 0.3) is 0 Å². The highest BCUT2D eigenvalue weighted by atomic mass is 19.1. The molecule has 0 saturated heterocycles. The van der Waals surface area contributed by atoms with E-state index in [1.165, 1.54) is 12.1 Å². The van der Waals surface area contributed by atoms with Gasteiger partial charge in [-0.15, -0.1) is 0 Å². The van der Waals surface area contributed by atoms with Crippen LogP contribution >= 0.6 is 0 Å². The van der Waals surface area contributed by atoms with E-state index in [2.05, 4.69) is 5.16 Å². The lowest BCUT2D eigenvalue weighted by Gasteiger charge is -2.29. The first kappa shape index (κ1) is 15.5. The SMILES string of the molecule is CCc1noc(CC)c1CC(=O)N1CCOc2ccc(F)cc21. The fourth-order valence-electron chi connectivity index (χ4n) is 2.83. The number of rotatable bonds is 4. The number of hydrogen-bond donors (Lipinski definition) is 0. The van der Waals surface area contributed by atoms with Crippen molar-refractivity contribution in [1.82, 2.24) is 5.16 Å². The predicted molar refractivity (Wildman–Crippen MR) is 83.2 cm³/mol. The Morgan fingerprint density at radius 1 is 1.35 bits per heavy atom. The maximum absolute atomic E-state index is 13.5. The number of benzene rings is 1. The molecule has 6 heteroatoms. The van der Waals surface area contributed by atoms with E-state index in [1.54, 1.807) is 11.0 Å². The summed E-state index contributed by atoms with van der Waals surface area (Å²) in [6.45, 7) is 4.75. The second kappa shape index (κ2) is 6.40. The Morgan fingerprint density at radius 3 is 2.91 bits per heavy atom. The standard InChI is InChI=1S/C17H19FN2O3/c1-3-13-12(15(4-2)23-19-13)10-17(21)20-7-8-22-16-6-5-11(18)9-14(16)20/h5-6,9H,3-4,7-8,10H2,1-2H3. The first-order valence-electron chi connectivity index (χ1n) is 7.83. The monoisotopic (exact) mass is 318 g/mol. The van der Waals surface area contributed by atoms with E-state index in [4.69, 9.17) is 9.26 Å². The average Bonchev–Trinajstić information content (AvgIpc) is 2.95. The quantitative estimate of drug-likeness (QED) is 0.870. The summed E-state index contributed by atoms with van der Waals surface area (Å²) < 4.78 is 24.3. The van der Waals surface area contributed by atoms with E-state index in [0.717, 1.165) is 17.0 Å². The fraction of sp³-hybridized carbons (Fsp3) is 0.412. The lowest BCUT2D eigenvalue weighted by Crippen LogP contribution is -2.39. The van der Waals surface area contributed by atoms with Crippen LogP contribution in [-0.2, 0) is 24.1 Å². The van der Waals surface area contributed by atoms with Crippen molar-refractivity contribution in [3.63, 3.8) is 0 Å². The van der Waals surface area contributed by atoms with Crippen LogP contribution in [0.3, 0.4) is 0 Å². The highest BCUT2D eigenvalue weighted by Crippen LogP contribution is 2.32. The predicted octanol–water partition coefficient (Wildman–Crippen LogP) is 2.91. The van der Waals surface area contributed by atoms with Gasteiger partial charge in [0.2, 0.25) is 5.91 Å². The Bertz CT molecular complexity index is 705. The van der Waals surface area contributed by atoms with E-state index in [-0.39, 0.29) is 18.1 Å². The minimum atomic E-state index is -0.388. The number of carbonyl (C=O) groups excluding carboxylic acids is 1. The van der Waals surface area contributed by atoms with Crippen molar-refractivity contribution in [3.05, 3.63) is 41.0 Å². The van der Waals surface area contributed by atoms with Gasteiger partial charge in [0, 0.05) is 18.1 Å². The van der Waals surface area contributed by atoms with E-state index in [1.807, 2.05) is 13.8 Å². The van der Waals surface area contributed by atoms with Crippen LogP contribution in [-0.4, -0.2) is 24.2 Å². The molecule has 0 radical (unpaired) electrons. The van der Waals surface area contributed by atoms with Crippen LogP contribution in [0.5, 0.6) is 5.75 Å². The van der Waals surface area contributed by atoms with Crippen molar-refractivity contribution in [3.8, 4) is 5.75 Å². The summed E-state index contributed by atoms with van der Waals surface area (Å²) in [4.78, 5) is 14.3. The normalized spacial score (nSPS) is 13.6. The molecule has 0 bridgehead atoms. The zero-order valence-electron chi connectivity index (χ0n) is 13.3. The molecule has 122 valence electrons. The third kappa shape index (κ3) is 2.93. The van der Waals surface area contributed by atoms with Crippen LogP contribution in [0.15, 0.2) is 22.7 Å². The van der Waals surface area contributed by atoms with Gasteiger partial charge in [0.1, 0.15) is 23.9 Å². The third-order valence-electron chi connectivity index (χ3n) is 4.02. The maximum atomic E-state index is 13.5. The van der Waals surface area contributed by atoms with E-state index in [9.17, 15) is 9.18 Å². The molecular weight excluding hydrogens is 299 g/mol. The number of fused-ring (bicyclic) bond motifs is 1. The first-order chi connectivity index (χ1) is 11.1.